The molecular formula is C52H77ClN6O13S3. The highest BCUT2D eigenvalue weighted by atomic mass is 35.5. The van der Waals surface area contributed by atoms with Gasteiger partial charge in [-0.3, -0.25) is 23.4 Å². The van der Waals surface area contributed by atoms with Crippen LogP contribution in [0.5, 0.6) is 11.5 Å². The molecular weight excluding hydrogens is 1050 g/mol. The molecule has 4 N–H and O–H groups in total. The number of pyridine rings is 1. The van der Waals surface area contributed by atoms with Gasteiger partial charge in [-0.1, -0.05) is 72.4 Å². The summed E-state index contributed by atoms with van der Waals surface area (Å²) < 4.78 is 77.9. The molecule has 3 heterocycles. The molecule has 2 amide bonds. The molecule has 4 fully saturated rings. The van der Waals surface area contributed by atoms with E-state index in [1.165, 1.54) is 23.3 Å². The second-order valence-corrected chi connectivity index (χ2v) is 26.7. The Hall–Kier alpha value is -4.19. The van der Waals surface area contributed by atoms with E-state index in [0.717, 1.165) is 32.1 Å². The number of carbonyl (C=O) groups is 4. The number of thiazole rings is 1. The number of Topliss-reactive ketones (excluding diaryl/α,β-unsaturated/α-hetero) is 1. The molecule has 75 heavy (non-hydrogen) atoms. The number of amides is 2. The van der Waals surface area contributed by atoms with Gasteiger partial charge in [0.25, 0.3) is 0 Å². The number of benzene rings is 1. The van der Waals surface area contributed by atoms with Crippen molar-refractivity contribution in [3.05, 3.63) is 28.6 Å². The summed E-state index contributed by atoms with van der Waals surface area (Å²) in [4.78, 5) is 68.2. The minimum absolute atomic E-state index is 0.0313. The Morgan fingerprint density at radius 3 is 2.07 bits per heavy atom. The summed E-state index contributed by atoms with van der Waals surface area (Å²) in [5.74, 6) is -2.58. The number of rotatable bonds is 23. The predicted molar refractivity (Wildman–Crippen MR) is 288 cm³/mol. The Balaban J connectivity index is 0.000000737. The second-order valence-electron chi connectivity index (χ2n) is 23.0. The molecule has 4 aliphatic rings. The van der Waals surface area contributed by atoms with Crippen molar-refractivity contribution in [2.45, 2.75) is 195 Å². The fourth-order valence-electron chi connectivity index (χ4n) is 10.00. The van der Waals surface area contributed by atoms with Gasteiger partial charge in [0.05, 0.1) is 59.9 Å². The highest BCUT2D eigenvalue weighted by Gasteiger charge is 2.62. The molecule has 0 spiro atoms. The first-order valence-corrected chi connectivity index (χ1v) is 30.1. The van der Waals surface area contributed by atoms with Crippen LogP contribution in [0.25, 0.3) is 22.3 Å². The van der Waals surface area contributed by atoms with Crippen LogP contribution >= 0.6 is 22.9 Å². The van der Waals surface area contributed by atoms with Crippen molar-refractivity contribution in [3.8, 4) is 22.9 Å². The smallest absolute Gasteiger partial charge is 0.362 e. The minimum atomic E-state index is -4.47. The molecule has 0 unspecified atom stereocenters. The van der Waals surface area contributed by atoms with Crippen LogP contribution in [-0.4, -0.2) is 104 Å². The predicted octanol–water partition coefficient (Wildman–Crippen LogP) is 9.21. The lowest BCUT2D eigenvalue weighted by Gasteiger charge is -2.35. The topological polar surface area (TPSA) is 262 Å². The van der Waals surface area contributed by atoms with Crippen molar-refractivity contribution in [3.63, 3.8) is 0 Å². The summed E-state index contributed by atoms with van der Waals surface area (Å²) in [6, 6.07) is 4.32. The lowest BCUT2D eigenvalue weighted by Crippen LogP contribution is -2.49. The molecule has 0 radical (unpaired) electrons. The second kappa shape index (κ2) is 23.0. The van der Waals surface area contributed by atoms with Crippen LogP contribution in [0.15, 0.2) is 23.6 Å². The SMILES string of the molecule is CCCC1(OS(=O)(=O)NC(=O)[C@@]2(CC(=O)[C@@H]3C[C@@H](Oc4cc(-c5csc(NC(C)C)n5)nc5c(Cl)c(OC)ccc45)CN3C(=O)[C@@H](CC(=O)OC(C)(C)C)C(C)(C)C)C[C@H]2CC)CC1.CCCC1(OS(N)(=O)=O)CC1. The molecule has 3 saturated carbocycles. The van der Waals surface area contributed by atoms with E-state index in [4.69, 9.17) is 49.3 Å². The van der Waals surface area contributed by atoms with E-state index >= 15 is 0 Å². The Morgan fingerprint density at radius 2 is 1.55 bits per heavy atom. The largest absolute Gasteiger partial charge is 0.495 e. The lowest BCUT2D eigenvalue weighted by molar-refractivity contribution is -0.161. The van der Waals surface area contributed by atoms with Gasteiger partial charge in [-0.15, -0.1) is 11.3 Å². The molecule has 0 bridgehead atoms. The van der Waals surface area contributed by atoms with Crippen molar-refractivity contribution in [1.82, 2.24) is 19.6 Å². The Morgan fingerprint density at radius 1 is 0.920 bits per heavy atom. The molecule has 5 atom stereocenters. The third-order valence-electron chi connectivity index (χ3n) is 14.1. The number of aromatic nitrogens is 2. The van der Waals surface area contributed by atoms with Crippen molar-refractivity contribution in [2.75, 3.05) is 19.0 Å². The van der Waals surface area contributed by atoms with Gasteiger partial charge < -0.3 is 24.4 Å². The zero-order valence-electron chi connectivity index (χ0n) is 45.4. The van der Waals surface area contributed by atoms with Crippen molar-refractivity contribution in [2.24, 2.45) is 27.8 Å². The molecule has 7 rings (SSSR count). The fraction of sp³-hybridized carbons (Fsp3) is 0.692. The number of ketones is 1. The molecule has 19 nitrogen and oxygen atoms in total. The van der Waals surface area contributed by atoms with Crippen LogP contribution in [0, 0.1) is 22.7 Å². The summed E-state index contributed by atoms with van der Waals surface area (Å²) in [6.45, 7) is 20.6. The van der Waals surface area contributed by atoms with E-state index in [9.17, 15) is 36.0 Å². The zero-order valence-corrected chi connectivity index (χ0v) is 48.6. The third-order valence-corrected chi connectivity index (χ3v) is 16.8. The molecule has 2 aromatic heterocycles. The molecule has 23 heteroatoms. The van der Waals surface area contributed by atoms with Crippen molar-refractivity contribution in [1.29, 1.82) is 0 Å². The van der Waals surface area contributed by atoms with E-state index in [1.807, 2.05) is 60.8 Å². The summed E-state index contributed by atoms with van der Waals surface area (Å²) >= 11 is 8.30. The quantitative estimate of drug-likeness (QED) is 0.0747. The summed E-state index contributed by atoms with van der Waals surface area (Å²) in [6.07, 6.45) is 5.34. The molecule has 3 aromatic rings. The summed E-state index contributed by atoms with van der Waals surface area (Å²) in [5.41, 5.74) is -2.64. The van der Waals surface area contributed by atoms with Gasteiger partial charge in [-0.2, -0.15) is 16.8 Å². The number of hydrogen-bond acceptors (Lipinski definition) is 17. The Labute approximate surface area is 451 Å². The number of anilines is 1. The maximum atomic E-state index is 14.9. The van der Waals surface area contributed by atoms with E-state index < -0.39 is 89.9 Å². The van der Waals surface area contributed by atoms with Gasteiger partial charge in [0.15, 0.2) is 10.9 Å². The van der Waals surface area contributed by atoms with Gasteiger partial charge >= 0.3 is 26.6 Å². The zero-order chi connectivity index (χ0) is 55.7. The van der Waals surface area contributed by atoms with Crippen molar-refractivity contribution < 1.29 is 58.6 Å². The van der Waals surface area contributed by atoms with Crippen LogP contribution < -0.4 is 24.7 Å². The number of hydrogen-bond donors (Lipinski definition) is 3. The van der Waals surface area contributed by atoms with E-state index in [-0.39, 0.29) is 42.8 Å². The molecule has 1 saturated heterocycles. The van der Waals surface area contributed by atoms with E-state index in [2.05, 4.69) is 10.0 Å². The number of carbonyl (C=O) groups excluding carboxylic acids is 4. The number of fused-ring (bicyclic) bond motifs is 1. The first-order valence-electron chi connectivity index (χ1n) is 25.9. The number of likely N-dealkylation sites (tertiary alicyclic amines) is 1. The average molecular weight is 1130 g/mol. The van der Waals surface area contributed by atoms with Gasteiger partial charge in [-0.05, 0) is 103 Å². The number of esters is 1. The molecule has 1 aliphatic heterocycles. The number of halogens is 1. The molecule has 3 aliphatic carbocycles. The first kappa shape index (κ1) is 60.0. The van der Waals surface area contributed by atoms with Gasteiger partial charge in [0.1, 0.15) is 33.9 Å². The maximum absolute atomic E-state index is 14.9. The average Bonchev–Trinajstić information content (AvgIpc) is 4.24. The number of methoxy groups -OCH3 is 1. The Bertz CT molecular complexity index is 2820. The van der Waals surface area contributed by atoms with Crippen LogP contribution in [0.3, 0.4) is 0 Å². The summed E-state index contributed by atoms with van der Waals surface area (Å²) in [5, 5.41) is 11.5. The van der Waals surface area contributed by atoms with E-state index in [1.54, 1.807) is 39.0 Å². The van der Waals surface area contributed by atoms with Crippen LogP contribution in [-0.2, 0) is 52.9 Å². The van der Waals surface area contributed by atoms with Gasteiger partial charge in [-0.25, -0.2) is 24.0 Å². The van der Waals surface area contributed by atoms with Gasteiger partial charge in [0.2, 0.25) is 11.8 Å². The normalized spacial score (nSPS) is 22.2. The minimum Gasteiger partial charge on any atom is -0.495 e. The standard InChI is InChI=1S/C46H64ClN5O10S2.C6H13NO3S/c1-12-16-45(17-18-45)62-64(57,58)51-41(56)46(22-27(46)13-2)23-34(53)33-19-28(24-52(33)40(55)30(43(5,6)7)20-37(54)61-44(8,9)10)60-36-21-31(32-25-63-42(50-32)48-26(3)4)49-39-29(36)14-15-35(59-11)38(39)47;1-2-3-6(4-5-6)10-11(7,8)9/h14-15,21,25-28,30,33H,12-13,16-20,22-24H2,1-11H3,(H,48,50)(H,51,56);2-5H2,1H3,(H2,7,8,9)/t27-,28-,30-,33+,46-;/m1./s1. The first-order chi connectivity index (χ1) is 34.8. The number of nitrogens with two attached hydrogens (primary N) is 1. The highest BCUT2D eigenvalue weighted by Crippen LogP contribution is 2.58. The van der Waals surface area contributed by atoms with Crippen LogP contribution in [0.1, 0.15) is 160 Å². The number of ether oxygens (including phenoxy) is 3. The number of nitrogens with zero attached hydrogens (tertiary/aromatic N) is 3. The Kier molecular flexibility index (Phi) is 18.4. The highest BCUT2D eigenvalue weighted by molar-refractivity contribution is 7.85. The van der Waals surface area contributed by atoms with E-state index in [0.29, 0.717) is 71.0 Å². The van der Waals surface area contributed by atoms with Crippen LogP contribution in [0.4, 0.5) is 5.13 Å². The molecule has 418 valence electrons. The maximum Gasteiger partial charge on any atom is 0.362 e. The third kappa shape index (κ3) is 15.5. The monoisotopic (exact) mass is 1120 g/mol. The van der Waals surface area contributed by atoms with Crippen molar-refractivity contribution >= 4 is 83.1 Å². The number of nitrogens with one attached hydrogen (secondary N) is 2. The van der Waals surface area contributed by atoms with Gasteiger partial charge in [0, 0.05) is 35.7 Å². The molecule has 1 aromatic carbocycles. The summed E-state index contributed by atoms with van der Waals surface area (Å²) in [7, 11) is -6.70. The fourth-order valence-corrected chi connectivity index (χ4v) is 13.1. The lowest BCUT2D eigenvalue weighted by atomic mass is 9.77. The van der Waals surface area contributed by atoms with Crippen LogP contribution in [0.2, 0.25) is 5.02 Å².